The molecule has 3 nitrogen and oxygen atoms in total. The summed E-state index contributed by atoms with van der Waals surface area (Å²) in [6.45, 7) is 5.82. The Bertz CT molecular complexity index is 366. The number of rotatable bonds is 6. The first-order chi connectivity index (χ1) is 7.98. The van der Waals surface area contributed by atoms with Gasteiger partial charge >= 0.3 is 0 Å². The minimum atomic E-state index is -0.0797. The van der Waals surface area contributed by atoms with Crippen LogP contribution >= 0.6 is 15.9 Å². The van der Waals surface area contributed by atoms with Gasteiger partial charge in [-0.3, -0.25) is 0 Å². The number of nitrogens with one attached hydrogen (secondary N) is 1. The van der Waals surface area contributed by atoms with Gasteiger partial charge < -0.3 is 15.2 Å². The average molecular weight is 302 g/mol. The first-order valence-electron chi connectivity index (χ1n) is 5.62. The second-order valence-corrected chi connectivity index (χ2v) is 5.75. The van der Waals surface area contributed by atoms with Gasteiger partial charge in [-0.05, 0) is 33.6 Å². The van der Waals surface area contributed by atoms with E-state index in [0.717, 1.165) is 23.3 Å². The van der Waals surface area contributed by atoms with Gasteiger partial charge in [0.1, 0.15) is 5.75 Å². The Morgan fingerprint density at radius 3 is 2.65 bits per heavy atom. The minimum Gasteiger partial charge on any atom is -0.496 e. The van der Waals surface area contributed by atoms with E-state index in [1.807, 2.05) is 32.0 Å². The molecule has 2 N–H and O–H groups in total. The number of aliphatic hydroxyl groups excluding tert-OH is 1. The van der Waals surface area contributed by atoms with Crippen molar-refractivity contribution in [1.82, 2.24) is 5.32 Å². The molecule has 0 aliphatic heterocycles. The van der Waals surface area contributed by atoms with Crippen molar-refractivity contribution in [3.63, 3.8) is 0 Å². The van der Waals surface area contributed by atoms with Crippen LogP contribution in [0.5, 0.6) is 5.75 Å². The molecule has 0 aromatic heterocycles. The number of hydrogen-bond acceptors (Lipinski definition) is 3. The molecule has 0 aliphatic rings. The summed E-state index contributed by atoms with van der Waals surface area (Å²) in [4.78, 5) is 0. The number of halogens is 1. The van der Waals surface area contributed by atoms with Crippen LogP contribution in [0.3, 0.4) is 0 Å². The summed E-state index contributed by atoms with van der Waals surface area (Å²) < 4.78 is 6.13. The average Bonchev–Trinajstić information content (AvgIpc) is 2.29. The van der Waals surface area contributed by atoms with E-state index in [0.29, 0.717) is 0 Å². The summed E-state index contributed by atoms with van der Waals surface area (Å²) in [5.74, 6) is 0.837. The fourth-order valence-corrected chi connectivity index (χ4v) is 2.01. The molecule has 0 heterocycles. The first-order valence-corrected chi connectivity index (χ1v) is 6.42. The van der Waals surface area contributed by atoms with E-state index in [4.69, 9.17) is 9.84 Å². The second-order valence-electron chi connectivity index (χ2n) is 4.89. The minimum absolute atomic E-state index is 0.0797. The van der Waals surface area contributed by atoms with Crippen molar-refractivity contribution in [1.29, 1.82) is 0 Å². The molecule has 0 fully saturated rings. The van der Waals surface area contributed by atoms with Crippen LogP contribution in [0.25, 0.3) is 0 Å². The maximum atomic E-state index is 9.14. The Labute approximate surface area is 111 Å². The second kappa shape index (κ2) is 6.38. The molecule has 1 aromatic rings. The summed E-state index contributed by atoms with van der Waals surface area (Å²) in [6.07, 6.45) is 0. The van der Waals surface area contributed by atoms with Crippen LogP contribution in [-0.4, -0.2) is 25.4 Å². The van der Waals surface area contributed by atoms with E-state index in [1.165, 1.54) is 5.56 Å². The molecular weight excluding hydrogens is 282 g/mol. The Balaban J connectivity index is 2.50. The fourth-order valence-electron chi connectivity index (χ4n) is 1.42. The molecule has 0 saturated carbocycles. The third-order valence-electron chi connectivity index (χ3n) is 2.58. The quantitative estimate of drug-likeness (QED) is 0.848. The van der Waals surface area contributed by atoms with Gasteiger partial charge in [0.15, 0.2) is 0 Å². The predicted molar refractivity (Wildman–Crippen MR) is 73.3 cm³/mol. The predicted octanol–water partition coefficient (Wildman–Crippen LogP) is 2.57. The third kappa shape index (κ3) is 4.66. The SMILES string of the molecule is COc1ccc(CNCC(C)(C)CO)cc1Br. The number of benzene rings is 1. The van der Waals surface area contributed by atoms with Crippen LogP contribution in [-0.2, 0) is 6.54 Å². The lowest BCUT2D eigenvalue weighted by atomic mass is 9.95. The highest BCUT2D eigenvalue weighted by atomic mass is 79.9. The highest BCUT2D eigenvalue weighted by Crippen LogP contribution is 2.25. The van der Waals surface area contributed by atoms with E-state index in [2.05, 4.69) is 21.2 Å². The van der Waals surface area contributed by atoms with E-state index in [1.54, 1.807) is 7.11 Å². The molecule has 96 valence electrons. The maximum absolute atomic E-state index is 9.14. The molecule has 4 heteroatoms. The number of ether oxygens (including phenoxy) is 1. The lowest BCUT2D eigenvalue weighted by Gasteiger charge is -2.22. The zero-order valence-corrected chi connectivity index (χ0v) is 12.2. The zero-order valence-electron chi connectivity index (χ0n) is 10.6. The van der Waals surface area contributed by atoms with Crippen molar-refractivity contribution < 1.29 is 9.84 Å². The van der Waals surface area contributed by atoms with Crippen molar-refractivity contribution in [3.8, 4) is 5.75 Å². The van der Waals surface area contributed by atoms with E-state index in [-0.39, 0.29) is 12.0 Å². The van der Waals surface area contributed by atoms with E-state index >= 15 is 0 Å². The topological polar surface area (TPSA) is 41.5 Å². The van der Waals surface area contributed by atoms with Gasteiger partial charge in [0, 0.05) is 25.1 Å². The van der Waals surface area contributed by atoms with Crippen molar-refractivity contribution in [2.24, 2.45) is 5.41 Å². The Kier molecular flexibility index (Phi) is 5.43. The molecule has 0 saturated heterocycles. The third-order valence-corrected chi connectivity index (χ3v) is 3.20. The Hall–Kier alpha value is -0.580. The van der Waals surface area contributed by atoms with E-state index in [9.17, 15) is 0 Å². The number of methoxy groups -OCH3 is 1. The van der Waals surface area contributed by atoms with Crippen LogP contribution in [0, 0.1) is 5.41 Å². The molecule has 0 spiro atoms. The molecule has 17 heavy (non-hydrogen) atoms. The van der Waals surface area contributed by atoms with Gasteiger partial charge in [0.25, 0.3) is 0 Å². The Morgan fingerprint density at radius 2 is 2.12 bits per heavy atom. The molecule has 0 unspecified atom stereocenters. The molecule has 0 amide bonds. The molecular formula is C13H20BrNO2. The van der Waals surface area contributed by atoms with E-state index < -0.39 is 0 Å². The van der Waals surface area contributed by atoms with Gasteiger partial charge in [-0.15, -0.1) is 0 Å². The van der Waals surface area contributed by atoms with Crippen LogP contribution in [0.2, 0.25) is 0 Å². The van der Waals surface area contributed by atoms with Crippen molar-refractivity contribution >= 4 is 15.9 Å². The smallest absolute Gasteiger partial charge is 0.133 e. The standard InChI is InChI=1S/C13H20BrNO2/c1-13(2,9-16)8-15-7-10-4-5-12(17-3)11(14)6-10/h4-6,15-16H,7-9H2,1-3H3. The normalized spacial score (nSPS) is 11.6. The molecule has 0 bridgehead atoms. The van der Waals surface area contributed by atoms with Gasteiger partial charge in [-0.25, -0.2) is 0 Å². The highest BCUT2D eigenvalue weighted by molar-refractivity contribution is 9.10. The number of hydrogen-bond donors (Lipinski definition) is 2. The summed E-state index contributed by atoms with van der Waals surface area (Å²) >= 11 is 3.46. The van der Waals surface area contributed by atoms with Gasteiger partial charge in [-0.1, -0.05) is 19.9 Å². The summed E-state index contributed by atoms with van der Waals surface area (Å²) in [5, 5.41) is 12.5. The number of aliphatic hydroxyl groups is 1. The fraction of sp³-hybridized carbons (Fsp3) is 0.538. The van der Waals surface area contributed by atoms with Gasteiger partial charge in [-0.2, -0.15) is 0 Å². The van der Waals surface area contributed by atoms with Crippen molar-refractivity contribution in [2.45, 2.75) is 20.4 Å². The van der Waals surface area contributed by atoms with Crippen LogP contribution in [0.1, 0.15) is 19.4 Å². The largest absolute Gasteiger partial charge is 0.496 e. The maximum Gasteiger partial charge on any atom is 0.133 e. The highest BCUT2D eigenvalue weighted by Gasteiger charge is 2.15. The zero-order chi connectivity index (χ0) is 12.9. The summed E-state index contributed by atoms with van der Waals surface area (Å²) in [6, 6.07) is 6.01. The monoisotopic (exact) mass is 301 g/mol. The lowest BCUT2D eigenvalue weighted by molar-refractivity contribution is 0.156. The molecule has 0 radical (unpaired) electrons. The Morgan fingerprint density at radius 1 is 1.41 bits per heavy atom. The van der Waals surface area contributed by atoms with Crippen LogP contribution in [0.15, 0.2) is 22.7 Å². The molecule has 0 aliphatic carbocycles. The van der Waals surface area contributed by atoms with Crippen molar-refractivity contribution in [3.05, 3.63) is 28.2 Å². The first kappa shape index (κ1) is 14.5. The molecule has 1 aromatic carbocycles. The van der Waals surface area contributed by atoms with Crippen LogP contribution in [0.4, 0.5) is 0 Å². The summed E-state index contributed by atoms with van der Waals surface area (Å²) in [7, 11) is 1.65. The van der Waals surface area contributed by atoms with Gasteiger partial charge in [0.2, 0.25) is 0 Å². The molecule has 1 rings (SSSR count). The lowest BCUT2D eigenvalue weighted by Crippen LogP contribution is -2.31. The van der Waals surface area contributed by atoms with Crippen LogP contribution < -0.4 is 10.1 Å². The molecule has 0 atom stereocenters. The van der Waals surface area contributed by atoms with Crippen molar-refractivity contribution in [2.75, 3.05) is 20.3 Å². The van der Waals surface area contributed by atoms with Gasteiger partial charge in [0.05, 0.1) is 11.6 Å². The summed E-state index contributed by atoms with van der Waals surface area (Å²) in [5.41, 5.74) is 1.11.